The lowest BCUT2D eigenvalue weighted by atomic mass is 9.76. The van der Waals surface area contributed by atoms with Gasteiger partial charge >= 0.3 is 0 Å². The largest absolute Gasteiger partial charge is 0.398 e. The maximum absolute atomic E-state index is 13.3. The molecule has 4 nitrogen and oxygen atoms in total. The van der Waals surface area contributed by atoms with E-state index in [9.17, 15) is 12.8 Å². The van der Waals surface area contributed by atoms with Crippen molar-refractivity contribution >= 4 is 31.6 Å². The van der Waals surface area contributed by atoms with Crippen LogP contribution in [-0.2, 0) is 10.0 Å². The molecule has 1 aliphatic carbocycles. The Kier molecular flexibility index (Phi) is 4.66. The molecule has 0 aromatic heterocycles. The number of anilines is 1. The van der Waals surface area contributed by atoms with E-state index in [2.05, 4.69) is 34.5 Å². The zero-order valence-electron chi connectivity index (χ0n) is 12.1. The van der Waals surface area contributed by atoms with Crippen LogP contribution in [0.5, 0.6) is 0 Å². The molecule has 1 aromatic rings. The molecule has 0 bridgehead atoms. The van der Waals surface area contributed by atoms with Crippen molar-refractivity contribution < 1.29 is 12.8 Å². The molecule has 118 valence electrons. The van der Waals surface area contributed by atoms with Gasteiger partial charge in [0.05, 0.1) is 10.2 Å². The minimum absolute atomic E-state index is 0.0828. The predicted octanol–water partition coefficient (Wildman–Crippen LogP) is 3.42. The number of hydrogen-bond donors (Lipinski definition) is 2. The summed E-state index contributed by atoms with van der Waals surface area (Å²) >= 11 is 2.99. The van der Waals surface area contributed by atoms with Gasteiger partial charge in [0.25, 0.3) is 0 Å². The maximum Gasteiger partial charge on any atom is 0.242 e. The van der Waals surface area contributed by atoms with Gasteiger partial charge < -0.3 is 5.73 Å². The molecule has 0 aliphatic heterocycles. The van der Waals surface area contributed by atoms with Gasteiger partial charge in [0.15, 0.2) is 0 Å². The third-order valence-corrected chi connectivity index (χ3v) is 6.19. The molecule has 7 heteroatoms. The third-order valence-electron chi connectivity index (χ3n) is 4.00. The van der Waals surface area contributed by atoms with E-state index in [-0.39, 0.29) is 26.5 Å². The van der Waals surface area contributed by atoms with E-state index in [1.807, 2.05) is 0 Å². The van der Waals surface area contributed by atoms with Crippen molar-refractivity contribution in [1.82, 2.24) is 4.72 Å². The van der Waals surface area contributed by atoms with Crippen LogP contribution in [0.2, 0.25) is 0 Å². The van der Waals surface area contributed by atoms with Gasteiger partial charge in [-0.05, 0) is 59.2 Å². The van der Waals surface area contributed by atoms with Crippen molar-refractivity contribution in [2.75, 3.05) is 5.73 Å². The second kappa shape index (κ2) is 5.85. The van der Waals surface area contributed by atoms with Crippen LogP contribution < -0.4 is 10.5 Å². The van der Waals surface area contributed by atoms with Crippen molar-refractivity contribution in [3.05, 3.63) is 22.4 Å². The molecular formula is C14H20BrFN2O2S. The number of hydrogen-bond acceptors (Lipinski definition) is 3. The van der Waals surface area contributed by atoms with E-state index < -0.39 is 15.8 Å². The molecule has 2 rings (SSSR count). The van der Waals surface area contributed by atoms with Crippen LogP contribution in [0.3, 0.4) is 0 Å². The molecule has 0 unspecified atom stereocenters. The number of sulfonamides is 1. The average Bonchev–Trinajstić information content (AvgIpc) is 2.36. The fraction of sp³-hybridized carbons (Fsp3) is 0.571. The lowest BCUT2D eigenvalue weighted by Crippen LogP contribution is -2.39. The van der Waals surface area contributed by atoms with Crippen LogP contribution in [0.25, 0.3) is 0 Å². The highest BCUT2D eigenvalue weighted by molar-refractivity contribution is 9.10. The van der Waals surface area contributed by atoms with E-state index in [1.165, 1.54) is 6.07 Å². The Bertz CT molecular complexity index is 637. The number of benzene rings is 1. The van der Waals surface area contributed by atoms with Gasteiger partial charge in [-0.3, -0.25) is 0 Å². The number of halogens is 2. The van der Waals surface area contributed by atoms with Crippen LogP contribution in [-0.4, -0.2) is 14.5 Å². The van der Waals surface area contributed by atoms with Crippen LogP contribution in [0, 0.1) is 11.2 Å². The predicted molar refractivity (Wildman–Crippen MR) is 84.9 cm³/mol. The summed E-state index contributed by atoms with van der Waals surface area (Å²) in [6.07, 6.45) is 3.55. The topological polar surface area (TPSA) is 72.2 Å². The monoisotopic (exact) mass is 378 g/mol. The van der Waals surface area contributed by atoms with Gasteiger partial charge in [0.1, 0.15) is 10.7 Å². The standard InChI is InChI=1S/C14H20BrFN2O2S/c1-14(2)5-3-9(4-6-14)18-21(19,20)13-7-10(15)11(16)8-12(13)17/h7-9,18H,3-6,17H2,1-2H3. The molecule has 1 aromatic carbocycles. The Balaban J connectivity index is 2.18. The number of nitrogens with two attached hydrogens (primary N) is 1. The van der Waals surface area contributed by atoms with Crippen LogP contribution >= 0.6 is 15.9 Å². The number of nitrogens with one attached hydrogen (secondary N) is 1. The lowest BCUT2D eigenvalue weighted by molar-refractivity contribution is 0.218. The Morgan fingerprint density at radius 1 is 1.33 bits per heavy atom. The highest BCUT2D eigenvalue weighted by Crippen LogP contribution is 2.36. The lowest BCUT2D eigenvalue weighted by Gasteiger charge is -2.34. The molecule has 0 saturated heterocycles. The molecule has 0 spiro atoms. The van der Waals surface area contributed by atoms with Crippen LogP contribution in [0.4, 0.5) is 10.1 Å². The van der Waals surface area contributed by atoms with Gasteiger partial charge in [0, 0.05) is 6.04 Å². The van der Waals surface area contributed by atoms with Crippen molar-refractivity contribution in [1.29, 1.82) is 0 Å². The van der Waals surface area contributed by atoms with Crippen molar-refractivity contribution in [3.8, 4) is 0 Å². The summed E-state index contributed by atoms with van der Waals surface area (Å²) in [5, 5.41) is 0. The fourth-order valence-electron chi connectivity index (χ4n) is 2.58. The van der Waals surface area contributed by atoms with Crippen molar-refractivity contribution in [2.24, 2.45) is 5.41 Å². The molecule has 0 atom stereocenters. The molecule has 3 N–H and O–H groups in total. The Hall–Kier alpha value is -0.660. The second-order valence-electron chi connectivity index (χ2n) is 6.36. The smallest absolute Gasteiger partial charge is 0.242 e. The van der Waals surface area contributed by atoms with Gasteiger partial charge in [-0.2, -0.15) is 0 Å². The summed E-state index contributed by atoms with van der Waals surface area (Å²) in [6.45, 7) is 4.37. The first-order valence-electron chi connectivity index (χ1n) is 6.88. The van der Waals surface area contributed by atoms with E-state index in [1.54, 1.807) is 0 Å². The minimum atomic E-state index is -3.74. The van der Waals surface area contributed by atoms with E-state index in [4.69, 9.17) is 5.73 Å². The van der Waals surface area contributed by atoms with Crippen molar-refractivity contribution in [3.63, 3.8) is 0 Å². The number of nitrogen functional groups attached to an aromatic ring is 1. The number of rotatable bonds is 3. The Labute approximate surface area is 133 Å². The second-order valence-corrected chi connectivity index (χ2v) is 8.90. The van der Waals surface area contributed by atoms with Gasteiger partial charge in [0.2, 0.25) is 10.0 Å². The summed E-state index contributed by atoms with van der Waals surface area (Å²) in [7, 11) is -3.74. The summed E-state index contributed by atoms with van der Waals surface area (Å²) in [5.41, 5.74) is 5.82. The summed E-state index contributed by atoms with van der Waals surface area (Å²) in [5.74, 6) is -0.578. The zero-order valence-corrected chi connectivity index (χ0v) is 14.5. The summed E-state index contributed by atoms with van der Waals surface area (Å²) in [4.78, 5) is -0.0828. The SMILES string of the molecule is CC1(C)CCC(NS(=O)(=O)c2cc(Br)c(F)cc2N)CC1. The first kappa shape index (κ1) is 16.7. The van der Waals surface area contributed by atoms with Gasteiger partial charge in [-0.15, -0.1) is 0 Å². The van der Waals surface area contributed by atoms with E-state index >= 15 is 0 Å². The molecule has 1 aliphatic rings. The highest BCUT2D eigenvalue weighted by Gasteiger charge is 2.30. The van der Waals surface area contributed by atoms with E-state index in [0.717, 1.165) is 31.7 Å². The van der Waals surface area contributed by atoms with E-state index in [0.29, 0.717) is 0 Å². The Morgan fingerprint density at radius 2 is 1.90 bits per heavy atom. The normalized spacial score (nSPS) is 19.6. The maximum atomic E-state index is 13.3. The minimum Gasteiger partial charge on any atom is -0.398 e. The zero-order chi connectivity index (χ0) is 15.8. The Morgan fingerprint density at radius 3 is 2.48 bits per heavy atom. The van der Waals surface area contributed by atoms with Crippen molar-refractivity contribution in [2.45, 2.75) is 50.5 Å². The van der Waals surface area contributed by atoms with Crippen LogP contribution in [0.15, 0.2) is 21.5 Å². The van der Waals surface area contributed by atoms with Gasteiger partial charge in [-0.25, -0.2) is 17.5 Å². The third kappa shape index (κ3) is 3.96. The molecule has 0 radical (unpaired) electrons. The summed E-state index contributed by atoms with van der Waals surface area (Å²) < 4.78 is 40.9. The first-order chi connectivity index (χ1) is 9.61. The van der Waals surface area contributed by atoms with Crippen LogP contribution in [0.1, 0.15) is 39.5 Å². The molecule has 21 heavy (non-hydrogen) atoms. The quantitative estimate of drug-likeness (QED) is 0.791. The summed E-state index contributed by atoms with van der Waals surface area (Å²) in [6, 6.07) is 2.13. The first-order valence-corrected chi connectivity index (χ1v) is 9.15. The molecule has 0 amide bonds. The molecule has 1 fully saturated rings. The molecule has 1 saturated carbocycles. The van der Waals surface area contributed by atoms with Gasteiger partial charge in [-0.1, -0.05) is 13.8 Å². The molecule has 0 heterocycles. The average molecular weight is 379 g/mol. The molecular weight excluding hydrogens is 359 g/mol. The highest BCUT2D eigenvalue weighted by atomic mass is 79.9. The fourth-order valence-corrected chi connectivity index (χ4v) is 4.52.